The van der Waals surface area contributed by atoms with Crippen molar-refractivity contribution in [2.24, 2.45) is 0 Å². The standard InChI is InChI=1S/C69H128O6/c1-4-7-10-13-16-19-22-25-28-30-31-32-33-34-35-36-37-39-41-44-47-50-53-56-59-62-68(71)74-65-66(64-73-67(70)61-58-55-52-49-46-43-40-27-24-21-18-15-12-9-6-3)75-69(72)63-60-57-54-51-48-45-42-38-29-26-23-20-17-14-11-8-5-2/h22,25-26,29-31,66H,4-21,23-24,27-28,32-65H2,1-3H3/b25-22-,29-26-,31-30-. The summed E-state index contributed by atoms with van der Waals surface area (Å²) in [6.45, 7) is 6.69. The zero-order chi connectivity index (χ0) is 54.3. The topological polar surface area (TPSA) is 78.9 Å². The Morgan fingerprint density at radius 1 is 0.267 bits per heavy atom. The van der Waals surface area contributed by atoms with Crippen molar-refractivity contribution in [1.82, 2.24) is 0 Å². The monoisotopic (exact) mass is 1050 g/mol. The summed E-state index contributed by atoms with van der Waals surface area (Å²) in [5, 5.41) is 0. The van der Waals surface area contributed by atoms with E-state index in [4.69, 9.17) is 14.2 Å². The summed E-state index contributed by atoms with van der Waals surface area (Å²) < 4.78 is 17.0. The highest BCUT2D eigenvalue weighted by Gasteiger charge is 2.19. The van der Waals surface area contributed by atoms with Crippen molar-refractivity contribution in [1.29, 1.82) is 0 Å². The van der Waals surface area contributed by atoms with Crippen LogP contribution in [-0.2, 0) is 28.6 Å². The van der Waals surface area contributed by atoms with Gasteiger partial charge in [0, 0.05) is 19.3 Å². The molecule has 0 aromatic carbocycles. The fourth-order valence-electron chi connectivity index (χ4n) is 10.1. The maximum atomic E-state index is 12.9. The van der Waals surface area contributed by atoms with Crippen LogP contribution in [0.1, 0.15) is 367 Å². The minimum atomic E-state index is -0.772. The lowest BCUT2D eigenvalue weighted by Crippen LogP contribution is -2.30. The van der Waals surface area contributed by atoms with Crippen LogP contribution in [0.2, 0.25) is 0 Å². The number of hydrogen-bond donors (Lipinski definition) is 0. The molecule has 0 saturated carbocycles. The second-order valence-corrected chi connectivity index (χ2v) is 22.7. The molecule has 0 rings (SSSR count). The van der Waals surface area contributed by atoms with Gasteiger partial charge >= 0.3 is 17.9 Å². The number of esters is 3. The van der Waals surface area contributed by atoms with E-state index >= 15 is 0 Å². The Kier molecular flexibility index (Phi) is 62.1. The number of carbonyl (C=O) groups excluding carboxylic acids is 3. The fraction of sp³-hybridized carbons (Fsp3) is 0.870. The molecule has 0 radical (unpaired) electrons. The van der Waals surface area contributed by atoms with Crippen molar-refractivity contribution < 1.29 is 28.6 Å². The molecule has 0 aliphatic heterocycles. The van der Waals surface area contributed by atoms with Crippen LogP contribution in [0.25, 0.3) is 0 Å². The van der Waals surface area contributed by atoms with Crippen LogP contribution in [0, 0.1) is 0 Å². The highest BCUT2D eigenvalue weighted by atomic mass is 16.6. The van der Waals surface area contributed by atoms with Gasteiger partial charge in [0.1, 0.15) is 13.2 Å². The van der Waals surface area contributed by atoms with Gasteiger partial charge in [-0.25, -0.2) is 0 Å². The molecule has 0 aliphatic carbocycles. The molecule has 6 nitrogen and oxygen atoms in total. The van der Waals surface area contributed by atoms with Crippen LogP contribution in [0.3, 0.4) is 0 Å². The summed E-state index contributed by atoms with van der Waals surface area (Å²) in [6, 6.07) is 0. The first-order valence-electron chi connectivity index (χ1n) is 33.5. The Morgan fingerprint density at radius 3 is 0.747 bits per heavy atom. The third-order valence-electron chi connectivity index (χ3n) is 15.1. The molecule has 0 saturated heterocycles. The molecule has 0 amide bonds. The first-order chi connectivity index (χ1) is 37.0. The number of ether oxygens (including phenoxy) is 3. The molecule has 0 bridgehead atoms. The van der Waals surface area contributed by atoms with Crippen molar-refractivity contribution in [2.75, 3.05) is 13.2 Å². The van der Waals surface area contributed by atoms with Crippen LogP contribution < -0.4 is 0 Å². The Morgan fingerprint density at radius 2 is 0.480 bits per heavy atom. The van der Waals surface area contributed by atoms with E-state index in [1.54, 1.807) is 0 Å². The van der Waals surface area contributed by atoms with Gasteiger partial charge in [-0.3, -0.25) is 14.4 Å². The Hall–Kier alpha value is -2.37. The lowest BCUT2D eigenvalue weighted by Gasteiger charge is -2.18. The van der Waals surface area contributed by atoms with E-state index < -0.39 is 6.10 Å². The van der Waals surface area contributed by atoms with Gasteiger partial charge in [-0.2, -0.15) is 0 Å². The Labute approximate surface area is 467 Å². The van der Waals surface area contributed by atoms with Gasteiger partial charge in [0.15, 0.2) is 6.10 Å². The van der Waals surface area contributed by atoms with Gasteiger partial charge in [0.25, 0.3) is 0 Å². The number of rotatable bonds is 62. The summed E-state index contributed by atoms with van der Waals surface area (Å²) in [4.78, 5) is 38.4. The summed E-state index contributed by atoms with van der Waals surface area (Å²) in [7, 11) is 0. The zero-order valence-corrected chi connectivity index (χ0v) is 50.6. The molecule has 1 unspecified atom stereocenters. The second kappa shape index (κ2) is 64.2. The molecule has 0 aromatic heterocycles. The van der Waals surface area contributed by atoms with Crippen molar-refractivity contribution in [2.45, 2.75) is 374 Å². The highest BCUT2D eigenvalue weighted by Crippen LogP contribution is 2.18. The summed E-state index contributed by atoms with van der Waals surface area (Å²) >= 11 is 0. The van der Waals surface area contributed by atoms with Gasteiger partial charge in [0.05, 0.1) is 0 Å². The second-order valence-electron chi connectivity index (χ2n) is 22.7. The smallest absolute Gasteiger partial charge is 0.306 e. The van der Waals surface area contributed by atoms with Crippen LogP contribution in [0.4, 0.5) is 0 Å². The zero-order valence-electron chi connectivity index (χ0n) is 50.6. The minimum Gasteiger partial charge on any atom is -0.462 e. The molecular formula is C69H128O6. The van der Waals surface area contributed by atoms with E-state index in [1.807, 2.05) is 0 Å². The summed E-state index contributed by atoms with van der Waals surface area (Å²) in [6.07, 6.45) is 78.7. The molecular weight excluding hydrogens is 925 g/mol. The molecule has 6 heteroatoms. The predicted molar refractivity (Wildman–Crippen MR) is 326 cm³/mol. The van der Waals surface area contributed by atoms with E-state index in [9.17, 15) is 14.4 Å². The maximum Gasteiger partial charge on any atom is 0.306 e. The van der Waals surface area contributed by atoms with Gasteiger partial charge in [-0.15, -0.1) is 0 Å². The first kappa shape index (κ1) is 72.6. The Balaban J connectivity index is 4.27. The van der Waals surface area contributed by atoms with E-state index in [-0.39, 0.29) is 31.1 Å². The van der Waals surface area contributed by atoms with Crippen molar-refractivity contribution in [3.05, 3.63) is 36.5 Å². The van der Waals surface area contributed by atoms with Crippen molar-refractivity contribution in [3.8, 4) is 0 Å². The first-order valence-corrected chi connectivity index (χ1v) is 33.5. The SMILES string of the molecule is CCCCCCC/C=C\C/C=C\CCCCCCCCCCCCCCCC(=O)OCC(COC(=O)CCCCCCCCCCCCCCCCC)OC(=O)CCCCCCCCC/C=C\CCCCCCCC. The fourth-order valence-corrected chi connectivity index (χ4v) is 10.1. The van der Waals surface area contributed by atoms with Crippen LogP contribution in [-0.4, -0.2) is 37.2 Å². The molecule has 75 heavy (non-hydrogen) atoms. The van der Waals surface area contributed by atoms with Gasteiger partial charge in [-0.1, -0.05) is 308 Å². The van der Waals surface area contributed by atoms with E-state index in [1.165, 1.54) is 263 Å². The number of unbranched alkanes of at least 4 members (excludes halogenated alkanes) is 45. The van der Waals surface area contributed by atoms with E-state index in [2.05, 4.69) is 57.2 Å². The van der Waals surface area contributed by atoms with Gasteiger partial charge in [-0.05, 0) is 77.0 Å². The quantitative estimate of drug-likeness (QED) is 0.0261. The van der Waals surface area contributed by atoms with Crippen molar-refractivity contribution in [3.63, 3.8) is 0 Å². The minimum absolute atomic E-state index is 0.0690. The lowest BCUT2D eigenvalue weighted by molar-refractivity contribution is -0.167. The third kappa shape index (κ3) is 62.4. The molecule has 1 atom stereocenters. The average Bonchev–Trinajstić information content (AvgIpc) is 3.41. The number of allylic oxidation sites excluding steroid dienone is 6. The number of carbonyl (C=O) groups is 3. The summed E-state index contributed by atoms with van der Waals surface area (Å²) in [5.74, 6) is -0.848. The normalized spacial score (nSPS) is 12.2. The van der Waals surface area contributed by atoms with Crippen molar-refractivity contribution >= 4 is 17.9 Å². The highest BCUT2D eigenvalue weighted by molar-refractivity contribution is 5.71. The molecule has 0 spiro atoms. The van der Waals surface area contributed by atoms with Crippen LogP contribution in [0.5, 0.6) is 0 Å². The maximum absolute atomic E-state index is 12.9. The van der Waals surface area contributed by atoms with Crippen LogP contribution >= 0.6 is 0 Å². The molecule has 0 N–H and O–H groups in total. The van der Waals surface area contributed by atoms with Gasteiger partial charge in [0.2, 0.25) is 0 Å². The molecule has 440 valence electrons. The van der Waals surface area contributed by atoms with Crippen LogP contribution in [0.15, 0.2) is 36.5 Å². The molecule has 0 aromatic rings. The molecule has 0 fully saturated rings. The third-order valence-corrected chi connectivity index (χ3v) is 15.1. The molecule has 0 heterocycles. The Bertz CT molecular complexity index is 1250. The largest absolute Gasteiger partial charge is 0.462 e. The number of hydrogen-bond acceptors (Lipinski definition) is 6. The van der Waals surface area contributed by atoms with E-state index in [0.29, 0.717) is 19.3 Å². The summed E-state index contributed by atoms with van der Waals surface area (Å²) in [5.41, 5.74) is 0. The van der Waals surface area contributed by atoms with E-state index in [0.717, 1.165) is 64.2 Å². The lowest BCUT2D eigenvalue weighted by atomic mass is 10.0. The molecule has 0 aliphatic rings. The predicted octanol–water partition coefficient (Wildman–Crippen LogP) is 22.8. The average molecular weight is 1050 g/mol. The van der Waals surface area contributed by atoms with Gasteiger partial charge < -0.3 is 14.2 Å².